The standard InChI is InChI=1S/C13H21N3/c1-3-14-13(15-4-2)16-11-10-12-8-6-5-7-9-12/h5-9H,3-4,10-11H2,1-2H3,(H2,14,15,16). The Labute approximate surface area is 98.0 Å². The molecule has 0 saturated carbocycles. The number of hydrogen-bond acceptors (Lipinski definition) is 1. The second-order valence-electron chi connectivity index (χ2n) is 3.53. The molecule has 0 unspecified atom stereocenters. The van der Waals surface area contributed by atoms with Crippen LogP contribution >= 0.6 is 0 Å². The smallest absolute Gasteiger partial charge is 0.191 e. The highest BCUT2D eigenvalue weighted by Gasteiger charge is 1.94. The Hall–Kier alpha value is -1.51. The summed E-state index contributed by atoms with van der Waals surface area (Å²) in [4.78, 5) is 4.49. The number of nitrogens with zero attached hydrogens (tertiary/aromatic N) is 1. The summed E-state index contributed by atoms with van der Waals surface area (Å²) in [5.74, 6) is 0.904. The van der Waals surface area contributed by atoms with E-state index >= 15 is 0 Å². The Morgan fingerprint density at radius 3 is 2.25 bits per heavy atom. The maximum absolute atomic E-state index is 4.49. The molecule has 0 spiro atoms. The van der Waals surface area contributed by atoms with Gasteiger partial charge in [0.15, 0.2) is 5.96 Å². The van der Waals surface area contributed by atoms with Gasteiger partial charge in [0.1, 0.15) is 0 Å². The summed E-state index contributed by atoms with van der Waals surface area (Å²) >= 11 is 0. The normalized spacial score (nSPS) is 9.62. The third kappa shape index (κ3) is 4.82. The molecule has 3 heteroatoms. The number of hydrogen-bond donors (Lipinski definition) is 2. The molecule has 16 heavy (non-hydrogen) atoms. The Morgan fingerprint density at radius 1 is 1.06 bits per heavy atom. The Balaban J connectivity index is 2.38. The van der Waals surface area contributed by atoms with Crippen LogP contribution in [0.15, 0.2) is 35.3 Å². The van der Waals surface area contributed by atoms with E-state index in [0.717, 1.165) is 32.0 Å². The van der Waals surface area contributed by atoms with E-state index in [1.165, 1.54) is 5.56 Å². The van der Waals surface area contributed by atoms with Crippen LogP contribution in [0, 0.1) is 0 Å². The Bertz CT molecular complexity index is 298. The molecular formula is C13H21N3. The molecule has 1 aromatic carbocycles. The summed E-state index contributed by atoms with van der Waals surface area (Å²) in [6.07, 6.45) is 0.987. The van der Waals surface area contributed by atoms with Crippen molar-refractivity contribution in [2.45, 2.75) is 20.3 Å². The molecule has 0 aliphatic carbocycles. The Kier molecular flexibility index (Phi) is 6.07. The highest BCUT2D eigenvalue weighted by molar-refractivity contribution is 5.79. The molecule has 0 fully saturated rings. The molecule has 88 valence electrons. The van der Waals surface area contributed by atoms with Crippen LogP contribution in [0.3, 0.4) is 0 Å². The van der Waals surface area contributed by atoms with Crippen LogP contribution in [0.25, 0.3) is 0 Å². The van der Waals surface area contributed by atoms with Gasteiger partial charge in [0, 0.05) is 19.6 Å². The molecule has 2 N–H and O–H groups in total. The van der Waals surface area contributed by atoms with E-state index in [0.29, 0.717) is 0 Å². The molecule has 1 aromatic rings. The second-order valence-corrected chi connectivity index (χ2v) is 3.53. The van der Waals surface area contributed by atoms with Gasteiger partial charge >= 0.3 is 0 Å². The first-order valence-corrected chi connectivity index (χ1v) is 5.93. The van der Waals surface area contributed by atoms with Crippen molar-refractivity contribution in [1.82, 2.24) is 10.6 Å². The topological polar surface area (TPSA) is 36.4 Å². The molecule has 0 atom stereocenters. The zero-order valence-electron chi connectivity index (χ0n) is 10.2. The molecule has 0 aromatic heterocycles. The number of nitrogens with one attached hydrogen (secondary N) is 2. The first kappa shape index (κ1) is 12.6. The van der Waals surface area contributed by atoms with Crippen LogP contribution in [0.1, 0.15) is 19.4 Å². The molecule has 0 aliphatic rings. The van der Waals surface area contributed by atoms with Crippen molar-refractivity contribution in [1.29, 1.82) is 0 Å². The lowest BCUT2D eigenvalue weighted by atomic mass is 10.2. The van der Waals surface area contributed by atoms with E-state index < -0.39 is 0 Å². The largest absolute Gasteiger partial charge is 0.357 e. The molecular weight excluding hydrogens is 198 g/mol. The van der Waals surface area contributed by atoms with E-state index in [1.807, 2.05) is 6.07 Å². The van der Waals surface area contributed by atoms with Crippen LogP contribution in [0.4, 0.5) is 0 Å². The lowest BCUT2D eigenvalue weighted by Crippen LogP contribution is -2.37. The zero-order valence-corrected chi connectivity index (χ0v) is 10.2. The quantitative estimate of drug-likeness (QED) is 0.585. The minimum Gasteiger partial charge on any atom is -0.357 e. The van der Waals surface area contributed by atoms with Gasteiger partial charge in [-0.3, -0.25) is 4.99 Å². The molecule has 0 aliphatic heterocycles. The van der Waals surface area contributed by atoms with E-state index in [9.17, 15) is 0 Å². The molecule has 0 bridgehead atoms. The molecule has 1 rings (SSSR count). The van der Waals surface area contributed by atoms with Gasteiger partial charge in [-0.25, -0.2) is 0 Å². The van der Waals surface area contributed by atoms with Gasteiger partial charge in [-0.15, -0.1) is 0 Å². The predicted octanol–water partition coefficient (Wildman–Crippen LogP) is 1.80. The van der Waals surface area contributed by atoms with Crippen LogP contribution < -0.4 is 10.6 Å². The van der Waals surface area contributed by atoms with Gasteiger partial charge in [-0.05, 0) is 25.8 Å². The van der Waals surface area contributed by atoms with Crippen LogP contribution in [0.2, 0.25) is 0 Å². The van der Waals surface area contributed by atoms with Gasteiger partial charge in [-0.1, -0.05) is 30.3 Å². The number of benzene rings is 1. The average Bonchev–Trinajstić information content (AvgIpc) is 2.31. The van der Waals surface area contributed by atoms with Crippen molar-refractivity contribution in [3.05, 3.63) is 35.9 Å². The van der Waals surface area contributed by atoms with E-state index in [1.54, 1.807) is 0 Å². The van der Waals surface area contributed by atoms with Gasteiger partial charge in [-0.2, -0.15) is 0 Å². The third-order valence-electron chi connectivity index (χ3n) is 2.20. The molecule has 0 amide bonds. The Morgan fingerprint density at radius 2 is 1.69 bits per heavy atom. The number of rotatable bonds is 5. The van der Waals surface area contributed by atoms with Gasteiger partial charge in [0.05, 0.1) is 0 Å². The van der Waals surface area contributed by atoms with Crippen molar-refractivity contribution < 1.29 is 0 Å². The number of aliphatic imine (C=N–C) groups is 1. The van der Waals surface area contributed by atoms with Gasteiger partial charge in [0.25, 0.3) is 0 Å². The maximum atomic E-state index is 4.49. The molecule has 0 radical (unpaired) electrons. The maximum Gasteiger partial charge on any atom is 0.191 e. The van der Waals surface area contributed by atoms with Crippen molar-refractivity contribution in [2.75, 3.05) is 19.6 Å². The molecule has 0 heterocycles. The summed E-state index contributed by atoms with van der Waals surface area (Å²) in [5.41, 5.74) is 1.33. The predicted molar refractivity (Wildman–Crippen MR) is 69.8 cm³/mol. The van der Waals surface area contributed by atoms with Crippen LogP contribution in [-0.4, -0.2) is 25.6 Å². The molecule has 0 saturated heterocycles. The van der Waals surface area contributed by atoms with E-state index in [4.69, 9.17) is 0 Å². The van der Waals surface area contributed by atoms with E-state index in [2.05, 4.69) is 53.7 Å². The van der Waals surface area contributed by atoms with Gasteiger partial charge in [0.2, 0.25) is 0 Å². The third-order valence-corrected chi connectivity index (χ3v) is 2.20. The van der Waals surface area contributed by atoms with Crippen molar-refractivity contribution in [3.63, 3.8) is 0 Å². The fourth-order valence-electron chi connectivity index (χ4n) is 1.45. The second kappa shape index (κ2) is 7.74. The fraction of sp³-hybridized carbons (Fsp3) is 0.462. The first-order chi connectivity index (χ1) is 7.86. The molecule has 3 nitrogen and oxygen atoms in total. The zero-order chi connectivity index (χ0) is 11.6. The average molecular weight is 219 g/mol. The number of guanidine groups is 1. The summed E-state index contributed by atoms with van der Waals surface area (Å²) in [7, 11) is 0. The van der Waals surface area contributed by atoms with E-state index in [-0.39, 0.29) is 0 Å². The minimum absolute atomic E-state index is 0.819. The SMILES string of the molecule is CCNC(=NCCc1ccccc1)NCC. The van der Waals surface area contributed by atoms with Crippen LogP contribution in [-0.2, 0) is 6.42 Å². The summed E-state index contributed by atoms with van der Waals surface area (Å²) in [6, 6.07) is 10.4. The fourth-order valence-corrected chi connectivity index (χ4v) is 1.45. The monoisotopic (exact) mass is 219 g/mol. The lowest BCUT2D eigenvalue weighted by molar-refractivity contribution is 0.833. The van der Waals surface area contributed by atoms with Crippen LogP contribution in [0.5, 0.6) is 0 Å². The minimum atomic E-state index is 0.819. The summed E-state index contributed by atoms with van der Waals surface area (Å²) in [6.45, 7) is 6.77. The van der Waals surface area contributed by atoms with Crippen molar-refractivity contribution in [2.24, 2.45) is 4.99 Å². The summed E-state index contributed by atoms with van der Waals surface area (Å²) in [5, 5.41) is 6.42. The van der Waals surface area contributed by atoms with Gasteiger partial charge < -0.3 is 10.6 Å². The van der Waals surface area contributed by atoms with Crippen molar-refractivity contribution in [3.8, 4) is 0 Å². The lowest BCUT2D eigenvalue weighted by Gasteiger charge is -2.08. The first-order valence-electron chi connectivity index (χ1n) is 5.93. The van der Waals surface area contributed by atoms with Crippen molar-refractivity contribution >= 4 is 5.96 Å². The highest BCUT2D eigenvalue weighted by atomic mass is 15.2. The highest BCUT2D eigenvalue weighted by Crippen LogP contribution is 1.99. The summed E-state index contributed by atoms with van der Waals surface area (Å²) < 4.78 is 0.